The normalized spacial score (nSPS) is 10.8. The van der Waals surface area contributed by atoms with Crippen molar-refractivity contribution >= 4 is 17.6 Å². The number of methoxy groups -OCH3 is 1. The monoisotopic (exact) mass is 504 g/mol. The van der Waals surface area contributed by atoms with Crippen molar-refractivity contribution in [2.24, 2.45) is 5.73 Å². The van der Waals surface area contributed by atoms with Gasteiger partial charge in [-0.2, -0.15) is 0 Å². The molecule has 0 aliphatic carbocycles. The van der Waals surface area contributed by atoms with Crippen LogP contribution in [0.15, 0.2) is 65.8 Å². The summed E-state index contributed by atoms with van der Waals surface area (Å²) < 4.78 is 5.83. The number of hydrogen-bond donors (Lipinski definition) is 2. The molecular formula is C29H36N4O4. The molecule has 0 atom stereocenters. The first-order chi connectivity index (χ1) is 18.0. The number of hydrogen-bond acceptors (Lipinski definition) is 6. The number of ether oxygens (including phenoxy) is 1. The third kappa shape index (κ3) is 8.68. The molecule has 0 spiro atoms. The van der Waals surface area contributed by atoms with Crippen molar-refractivity contribution in [3.05, 3.63) is 82.5 Å². The maximum atomic E-state index is 13.1. The van der Waals surface area contributed by atoms with Crippen molar-refractivity contribution in [1.82, 2.24) is 9.55 Å². The number of nitrogens with two attached hydrogens (primary N) is 1. The quantitative estimate of drug-likeness (QED) is 0.245. The van der Waals surface area contributed by atoms with E-state index < -0.39 is 5.97 Å². The standard InChI is InChI=1S/C29H36N4O4/c1-37-28(35)21-33-20-25(14-15-27(33)34)32-29(36)23-13-12-22(10-7-5-3-2-4-6-8-16-30)26(18-23)24-11-9-17-31-19-24/h9,11-15,17-20H,2-8,10,16,21,30H2,1H3,(H,32,36). The second kappa shape index (κ2) is 14.7. The lowest BCUT2D eigenvalue weighted by atomic mass is 9.94. The third-order valence-electron chi connectivity index (χ3n) is 6.26. The van der Waals surface area contributed by atoms with E-state index >= 15 is 0 Å². The fraction of sp³-hybridized carbons (Fsp3) is 0.379. The van der Waals surface area contributed by atoms with Gasteiger partial charge in [0.25, 0.3) is 11.5 Å². The van der Waals surface area contributed by atoms with Crippen LogP contribution >= 0.6 is 0 Å². The second-order valence-electron chi connectivity index (χ2n) is 9.04. The highest BCUT2D eigenvalue weighted by atomic mass is 16.5. The molecule has 3 N–H and O–H groups in total. The highest BCUT2D eigenvalue weighted by molar-refractivity contribution is 6.05. The molecule has 1 amide bonds. The number of aryl methyl sites for hydroxylation is 1. The molecule has 0 aliphatic heterocycles. The van der Waals surface area contributed by atoms with Gasteiger partial charge in [0, 0.05) is 35.8 Å². The Bertz CT molecular complexity index is 1220. The summed E-state index contributed by atoms with van der Waals surface area (Å²) in [5, 5.41) is 2.82. The largest absolute Gasteiger partial charge is 0.468 e. The molecule has 37 heavy (non-hydrogen) atoms. The first-order valence-electron chi connectivity index (χ1n) is 12.8. The van der Waals surface area contributed by atoms with Crippen LogP contribution in [0.5, 0.6) is 0 Å². The SMILES string of the molecule is COC(=O)Cn1cc(NC(=O)c2ccc(CCCCCCCCCN)c(-c3cccnc3)c2)ccc1=O. The van der Waals surface area contributed by atoms with Crippen LogP contribution < -0.4 is 16.6 Å². The molecule has 1 aromatic carbocycles. The van der Waals surface area contributed by atoms with E-state index in [1.807, 2.05) is 30.3 Å². The van der Waals surface area contributed by atoms with E-state index in [2.05, 4.69) is 15.0 Å². The molecule has 3 aromatic rings. The summed E-state index contributed by atoms with van der Waals surface area (Å²) in [6.45, 7) is 0.541. The fourth-order valence-corrected chi connectivity index (χ4v) is 4.21. The van der Waals surface area contributed by atoms with Gasteiger partial charge in [-0.1, -0.05) is 44.2 Å². The van der Waals surface area contributed by atoms with Crippen LogP contribution in [0.25, 0.3) is 11.1 Å². The summed E-state index contributed by atoms with van der Waals surface area (Å²) in [5.41, 5.74) is 9.23. The number of unbranched alkanes of at least 4 members (excludes halogenated alkanes) is 6. The zero-order valence-electron chi connectivity index (χ0n) is 21.4. The third-order valence-corrected chi connectivity index (χ3v) is 6.26. The highest BCUT2D eigenvalue weighted by Crippen LogP contribution is 2.27. The Morgan fingerprint density at radius 2 is 1.76 bits per heavy atom. The van der Waals surface area contributed by atoms with Gasteiger partial charge in [0.05, 0.1) is 12.8 Å². The maximum Gasteiger partial charge on any atom is 0.325 e. The Morgan fingerprint density at radius 1 is 1.00 bits per heavy atom. The Kier molecular flexibility index (Phi) is 11.0. The van der Waals surface area contributed by atoms with Crippen molar-refractivity contribution in [3.8, 4) is 11.1 Å². The van der Waals surface area contributed by atoms with Crippen molar-refractivity contribution < 1.29 is 14.3 Å². The molecule has 8 heteroatoms. The number of benzene rings is 1. The van der Waals surface area contributed by atoms with Crippen molar-refractivity contribution in [2.75, 3.05) is 19.0 Å². The van der Waals surface area contributed by atoms with E-state index in [1.54, 1.807) is 12.4 Å². The summed E-state index contributed by atoms with van der Waals surface area (Å²) in [4.78, 5) is 41.0. The highest BCUT2D eigenvalue weighted by Gasteiger charge is 2.13. The first kappa shape index (κ1) is 27.8. The second-order valence-corrected chi connectivity index (χ2v) is 9.04. The summed E-state index contributed by atoms with van der Waals surface area (Å²) >= 11 is 0. The fourth-order valence-electron chi connectivity index (χ4n) is 4.21. The summed E-state index contributed by atoms with van der Waals surface area (Å²) in [5.74, 6) is -0.855. The molecule has 3 rings (SSSR count). The molecule has 0 fully saturated rings. The van der Waals surface area contributed by atoms with Gasteiger partial charge in [-0.25, -0.2) is 0 Å². The predicted molar refractivity (Wildman–Crippen MR) is 145 cm³/mol. The topological polar surface area (TPSA) is 116 Å². The van der Waals surface area contributed by atoms with Crippen LogP contribution in [0.4, 0.5) is 5.69 Å². The predicted octanol–water partition coefficient (Wildman–Crippen LogP) is 4.57. The zero-order valence-corrected chi connectivity index (χ0v) is 21.4. The first-order valence-corrected chi connectivity index (χ1v) is 12.8. The van der Waals surface area contributed by atoms with E-state index in [0.29, 0.717) is 11.3 Å². The Hall–Kier alpha value is -3.78. The number of esters is 1. The molecule has 8 nitrogen and oxygen atoms in total. The summed E-state index contributed by atoms with van der Waals surface area (Å²) in [6, 6.07) is 12.4. The molecule has 0 saturated heterocycles. The molecule has 196 valence electrons. The summed E-state index contributed by atoms with van der Waals surface area (Å²) in [7, 11) is 1.26. The number of anilines is 1. The smallest absolute Gasteiger partial charge is 0.325 e. The van der Waals surface area contributed by atoms with E-state index in [9.17, 15) is 14.4 Å². The van der Waals surface area contributed by atoms with Crippen LogP contribution in [-0.2, 0) is 22.5 Å². The Balaban J connectivity index is 1.71. The number of amides is 1. The lowest BCUT2D eigenvalue weighted by Crippen LogP contribution is -2.24. The number of carbonyl (C=O) groups is 2. The molecule has 0 bridgehead atoms. The lowest BCUT2D eigenvalue weighted by Gasteiger charge is -2.13. The number of aromatic nitrogens is 2. The molecule has 0 aliphatic rings. The average molecular weight is 505 g/mol. The van der Waals surface area contributed by atoms with Crippen LogP contribution in [0.3, 0.4) is 0 Å². The van der Waals surface area contributed by atoms with Gasteiger partial charge in [0.1, 0.15) is 6.54 Å². The lowest BCUT2D eigenvalue weighted by molar-refractivity contribution is -0.141. The van der Waals surface area contributed by atoms with E-state index in [4.69, 9.17) is 5.73 Å². The van der Waals surface area contributed by atoms with Crippen molar-refractivity contribution in [2.45, 2.75) is 57.9 Å². The minimum atomic E-state index is -0.547. The van der Waals surface area contributed by atoms with Crippen LogP contribution in [0.1, 0.15) is 60.9 Å². The number of nitrogens with one attached hydrogen (secondary N) is 1. The van der Waals surface area contributed by atoms with E-state index in [0.717, 1.165) is 36.9 Å². The Labute approximate surface area is 217 Å². The van der Waals surface area contributed by atoms with Gasteiger partial charge >= 0.3 is 5.97 Å². The number of rotatable bonds is 14. The van der Waals surface area contributed by atoms with Gasteiger partial charge in [-0.3, -0.25) is 19.4 Å². The minimum Gasteiger partial charge on any atom is -0.468 e. The number of pyridine rings is 2. The number of nitrogens with zero attached hydrogens (tertiary/aromatic N) is 2. The molecule has 0 saturated carbocycles. The maximum absolute atomic E-state index is 13.1. The van der Waals surface area contributed by atoms with Crippen molar-refractivity contribution in [1.29, 1.82) is 0 Å². The molecule has 0 unspecified atom stereocenters. The molecule has 2 aromatic heterocycles. The zero-order chi connectivity index (χ0) is 26.5. The van der Waals surface area contributed by atoms with Gasteiger partial charge < -0.3 is 20.4 Å². The van der Waals surface area contributed by atoms with Gasteiger partial charge in [0.15, 0.2) is 0 Å². The molecule has 2 heterocycles. The van der Waals surface area contributed by atoms with Crippen LogP contribution in [0, 0.1) is 0 Å². The van der Waals surface area contributed by atoms with Gasteiger partial charge in [0.2, 0.25) is 0 Å². The molecular weight excluding hydrogens is 468 g/mol. The summed E-state index contributed by atoms with van der Waals surface area (Å²) in [6.07, 6.45) is 14.1. The van der Waals surface area contributed by atoms with Gasteiger partial charge in [-0.05, 0) is 61.2 Å². The van der Waals surface area contributed by atoms with Crippen LogP contribution in [-0.4, -0.2) is 35.1 Å². The Morgan fingerprint density at radius 3 is 2.46 bits per heavy atom. The average Bonchev–Trinajstić information content (AvgIpc) is 2.92. The molecule has 0 radical (unpaired) electrons. The minimum absolute atomic E-state index is 0.230. The van der Waals surface area contributed by atoms with E-state index in [1.165, 1.54) is 67.7 Å². The van der Waals surface area contributed by atoms with E-state index in [-0.39, 0.29) is 18.0 Å². The van der Waals surface area contributed by atoms with Gasteiger partial charge in [-0.15, -0.1) is 0 Å². The van der Waals surface area contributed by atoms with Crippen LogP contribution in [0.2, 0.25) is 0 Å². The van der Waals surface area contributed by atoms with Crippen molar-refractivity contribution in [3.63, 3.8) is 0 Å². The number of carbonyl (C=O) groups excluding carboxylic acids is 2.